The molecule has 1 aliphatic rings. The number of thioether (sulfide) groups is 1. The monoisotopic (exact) mass is 279 g/mol. The Morgan fingerprint density at radius 1 is 1.42 bits per heavy atom. The van der Waals surface area contributed by atoms with E-state index in [1.54, 1.807) is 6.07 Å². The minimum Gasteiger partial charge on any atom is -0.478 e. The quantitative estimate of drug-likeness (QED) is 0.861. The molecule has 0 atom stereocenters. The first-order valence-electron chi connectivity index (χ1n) is 6.69. The molecule has 2 N–H and O–H groups in total. The summed E-state index contributed by atoms with van der Waals surface area (Å²) < 4.78 is 0.277. The first-order chi connectivity index (χ1) is 9.06. The Labute approximate surface area is 118 Å². The number of carbonyl (C=O) groups is 1. The molecule has 1 aromatic carbocycles. The van der Waals surface area contributed by atoms with Gasteiger partial charge in [0.15, 0.2) is 0 Å². The van der Waals surface area contributed by atoms with Crippen molar-refractivity contribution in [2.75, 3.05) is 18.1 Å². The summed E-state index contributed by atoms with van der Waals surface area (Å²) >= 11 is 1.91. The zero-order valence-corrected chi connectivity index (χ0v) is 12.3. The number of nitrogens with one attached hydrogen (secondary N) is 1. The van der Waals surface area contributed by atoms with Crippen LogP contribution in [0.3, 0.4) is 0 Å². The van der Waals surface area contributed by atoms with Gasteiger partial charge in [-0.15, -0.1) is 0 Å². The fourth-order valence-corrected chi connectivity index (χ4v) is 3.63. The van der Waals surface area contributed by atoms with E-state index in [0.29, 0.717) is 5.56 Å². The van der Waals surface area contributed by atoms with Crippen molar-refractivity contribution in [3.8, 4) is 0 Å². The van der Waals surface area contributed by atoms with Crippen LogP contribution in [0.1, 0.15) is 41.6 Å². The van der Waals surface area contributed by atoms with Crippen LogP contribution < -0.4 is 5.32 Å². The van der Waals surface area contributed by atoms with E-state index in [1.807, 2.05) is 30.8 Å². The van der Waals surface area contributed by atoms with Gasteiger partial charge in [-0.3, -0.25) is 0 Å². The van der Waals surface area contributed by atoms with E-state index < -0.39 is 5.97 Å². The lowest BCUT2D eigenvalue weighted by Crippen LogP contribution is -2.30. The van der Waals surface area contributed by atoms with Crippen molar-refractivity contribution in [1.29, 1.82) is 0 Å². The van der Waals surface area contributed by atoms with Gasteiger partial charge in [-0.2, -0.15) is 11.8 Å². The lowest BCUT2D eigenvalue weighted by Gasteiger charge is -2.28. The molecular formula is C15H21NO2S. The van der Waals surface area contributed by atoms with Gasteiger partial charge in [0.05, 0.1) is 5.56 Å². The van der Waals surface area contributed by atoms with Crippen molar-refractivity contribution in [3.63, 3.8) is 0 Å². The molecule has 0 spiro atoms. The number of aryl methyl sites for hydroxylation is 1. The summed E-state index contributed by atoms with van der Waals surface area (Å²) in [4.78, 5) is 11.2. The number of hydrogen-bond donors (Lipinski definition) is 2. The third kappa shape index (κ3) is 3.24. The highest BCUT2D eigenvalue weighted by atomic mass is 32.2. The Hall–Kier alpha value is -1.16. The third-order valence-electron chi connectivity index (χ3n) is 3.95. The summed E-state index contributed by atoms with van der Waals surface area (Å²) in [6.07, 6.45) is 7.15. The molecule has 0 heterocycles. The van der Waals surface area contributed by atoms with Gasteiger partial charge in [0.1, 0.15) is 0 Å². The molecule has 0 unspecified atom stereocenters. The number of carboxylic acids is 1. The summed E-state index contributed by atoms with van der Waals surface area (Å²) in [5.41, 5.74) is 2.18. The SMILES string of the molecule is CSC1(CNc2cc(C)ccc2C(=O)O)CCCC1. The Balaban J connectivity index is 2.14. The van der Waals surface area contributed by atoms with Crippen LogP contribution in [0.25, 0.3) is 0 Å². The van der Waals surface area contributed by atoms with Crippen LogP contribution >= 0.6 is 11.8 Å². The third-order valence-corrected chi connectivity index (χ3v) is 5.37. The summed E-state index contributed by atoms with van der Waals surface area (Å²) in [5, 5.41) is 12.6. The van der Waals surface area contributed by atoms with Crippen molar-refractivity contribution >= 4 is 23.4 Å². The van der Waals surface area contributed by atoms with Crippen LogP contribution in [0.4, 0.5) is 5.69 Å². The van der Waals surface area contributed by atoms with Gasteiger partial charge >= 0.3 is 5.97 Å². The highest BCUT2D eigenvalue weighted by Gasteiger charge is 2.32. The number of carboxylic acid groups (broad SMARTS) is 1. The van der Waals surface area contributed by atoms with Crippen LogP contribution in [-0.4, -0.2) is 28.6 Å². The second-order valence-corrected chi connectivity index (χ2v) is 6.58. The van der Waals surface area contributed by atoms with Crippen LogP contribution in [0.5, 0.6) is 0 Å². The minimum atomic E-state index is -0.868. The standard InChI is InChI=1S/C15H21NO2S/c1-11-5-6-12(14(17)18)13(9-11)16-10-15(19-2)7-3-4-8-15/h5-6,9,16H,3-4,7-8,10H2,1-2H3,(H,17,18). The fraction of sp³-hybridized carbons (Fsp3) is 0.533. The second kappa shape index (κ2) is 5.87. The van der Waals surface area contributed by atoms with E-state index in [-0.39, 0.29) is 4.75 Å². The van der Waals surface area contributed by atoms with Crippen molar-refractivity contribution < 1.29 is 9.90 Å². The van der Waals surface area contributed by atoms with Crippen LogP contribution in [-0.2, 0) is 0 Å². The second-order valence-electron chi connectivity index (χ2n) is 5.30. The summed E-state index contributed by atoms with van der Waals surface area (Å²) in [6.45, 7) is 2.83. The summed E-state index contributed by atoms with van der Waals surface area (Å²) in [6, 6.07) is 5.45. The lowest BCUT2D eigenvalue weighted by molar-refractivity contribution is 0.0698. The smallest absolute Gasteiger partial charge is 0.337 e. The average Bonchev–Trinajstić information content (AvgIpc) is 2.85. The van der Waals surface area contributed by atoms with E-state index in [9.17, 15) is 9.90 Å². The maximum Gasteiger partial charge on any atom is 0.337 e. The van der Waals surface area contributed by atoms with E-state index in [1.165, 1.54) is 25.7 Å². The Morgan fingerprint density at radius 3 is 2.68 bits per heavy atom. The number of aromatic carboxylic acids is 1. The van der Waals surface area contributed by atoms with Gasteiger partial charge < -0.3 is 10.4 Å². The largest absolute Gasteiger partial charge is 0.478 e. The van der Waals surface area contributed by atoms with E-state index in [4.69, 9.17) is 0 Å². The van der Waals surface area contributed by atoms with Crippen LogP contribution in [0, 0.1) is 6.92 Å². The average molecular weight is 279 g/mol. The normalized spacial score (nSPS) is 17.4. The van der Waals surface area contributed by atoms with Gasteiger partial charge in [-0.05, 0) is 43.7 Å². The minimum absolute atomic E-state index is 0.277. The molecule has 2 rings (SSSR count). The Bertz CT molecular complexity index is 467. The number of rotatable bonds is 5. The zero-order valence-electron chi connectivity index (χ0n) is 11.5. The molecule has 1 aliphatic carbocycles. The molecule has 0 aliphatic heterocycles. The van der Waals surface area contributed by atoms with E-state index in [2.05, 4.69) is 11.6 Å². The van der Waals surface area contributed by atoms with Crippen molar-refractivity contribution in [2.24, 2.45) is 0 Å². The molecule has 1 fully saturated rings. The molecule has 0 saturated heterocycles. The first kappa shape index (κ1) is 14.3. The molecule has 0 amide bonds. The van der Waals surface area contributed by atoms with Crippen molar-refractivity contribution in [1.82, 2.24) is 0 Å². The Morgan fingerprint density at radius 2 is 2.11 bits per heavy atom. The molecule has 1 aromatic rings. The molecule has 104 valence electrons. The first-order valence-corrected chi connectivity index (χ1v) is 7.92. The molecule has 0 aromatic heterocycles. The van der Waals surface area contributed by atoms with E-state index in [0.717, 1.165) is 17.8 Å². The molecule has 3 nitrogen and oxygen atoms in total. The highest BCUT2D eigenvalue weighted by Crippen LogP contribution is 2.40. The molecule has 0 bridgehead atoms. The highest BCUT2D eigenvalue weighted by molar-refractivity contribution is 8.00. The molecule has 4 heteroatoms. The molecule has 19 heavy (non-hydrogen) atoms. The van der Waals surface area contributed by atoms with E-state index >= 15 is 0 Å². The van der Waals surface area contributed by atoms with Gasteiger partial charge in [0.25, 0.3) is 0 Å². The van der Waals surface area contributed by atoms with Gasteiger partial charge in [0.2, 0.25) is 0 Å². The number of anilines is 1. The van der Waals surface area contributed by atoms with Crippen LogP contribution in [0.2, 0.25) is 0 Å². The topological polar surface area (TPSA) is 49.3 Å². The maximum atomic E-state index is 11.2. The van der Waals surface area contributed by atoms with Gasteiger partial charge in [-0.1, -0.05) is 18.9 Å². The lowest BCUT2D eigenvalue weighted by atomic mass is 10.1. The van der Waals surface area contributed by atoms with Crippen molar-refractivity contribution in [3.05, 3.63) is 29.3 Å². The molecular weight excluding hydrogens is 258 g/mol. The summed E-state index contributed by atoms with van der Waals surface area (Å²) in [7, 11) is 0. The number of benzene rings is 1. The maximum absolute atomic E-state index is 11.2. The predicted molar refractivity (Wildman–Crippen MR) is 81.3 cm³/mol. The van der Waals surface area contributed by atoms with Crippen LogP contribution in [0.15, 0.2) is 18.2 Å². The zero-order chi connectivity index (χ0) is 13.9. The molecule has 0 radical (unpaired) electrons. The molecule has 1 saturated carbocycles. The summed E-state index contributed by atoms with van der Waals surface area (Å²) in [5.74, 6) is -0.868. The van der Waals surface area contributed by atoms with Crippen molar-refractivity contribution in [2.45, 2.75) is 37.4 Å². The predicted octanol–water partition coefficient (Wildman–Crippen LogP) is 3.78. The number of hydrogen-bond acceptors (Lipinski definition) is 3. The Kier molecular flexibility index (Phi) is 4.40. The fourth-order valence-electron chi connectivity index (χ4n) is 2.72. The van der Waals surface area contributed by atoms with Gasteiger partial charge in [-0.25, -0.2) is 4.79 Å². The van der Waals surface area contributed by atoms with Gasteiger partial charge in [0, 0.05) is 17.0 Å².